The number of anilines is 1. The van der Waals surface area contributed by atoms with Crippen LogP contribution in [0.4, 0.5) is 5.69 Å². The number of hydrogen-bond acceptors (Lipinski definition) is 4. The minimum absolute atomic E-state index is 0.0345. The van der Waals surface area contributed by atoms with Gasteiger partial charge in [-0.2, -0.15) is 0 Å². The number of aryl methyl sites for hydroxylation is 1. The molecule has 2 atom stereocenters. The van der Waals surface area contributed by atoms with E-state index in [-0.39, 0.29) is 24.2 Å². The smallest absolute Gasteiger partial charge is 0.337 e. The van der Waals surface area contributed by atoms with E-state index in [1.807, 2.05) is 29.2 Å². The standard InChI is InChI=1S/C25H30N2O4/c1-17-14-18(2)16-27(15-17)24(29)21-6-4-5-7-22(21)26-23(28)13-10-19-8-11-20(12-9-19)25(30)31-3/h4-9,11-12,17-18H,10,13-16H2,1-3H3,(H,26,28). The molecule has 0 radical (unpaired) electrons. The van der Waals surface area contributed by atoms with Crippen molar-refractivity contribution in [2.75, 3.05) is 25.5 Å². The van der Waals surface area contributed by atoms with Crippen molar-refractivity contribution in [1.29, 1.82) is 0 Å². The second-order valence-electron chi connectivity index (χ2n) is 8.44. The number of carbonyl (C=O) groups excluding carboxylic acids is 3. The maximum Gasteiger partial charge on any atom is 0.337 e. The first-order valence-electron chi connectivity index (χ1n) is 10.7. The zero-order chi connectivity index (χ0) is 22.4. The molecule has 1 N–H and O–H groups in total. The second-order valence-corrected chi connectivity index (χ2v) is 8.44. The summed E-state index contributed by atoms with van der Waals surface area (Å²) in [5.41, 5.74) is 2.50. The van der Waals surface area contributed by atoms with Crippen LogP contribution in [0.2, 0.25) is 0 Å². The number of rotatable bonds is 6. The third kappa shape index (κ3) is 5.94. The molecule has 1 saturated heterocycles. The molecule has 31 heavy (non-hydrogen) atoms. The van der Waals surface area contributed by atoms with Crippen molar-refractivity contribution in [3.05, 3.63) is 65.2 Å². The van der Waals surface area contributed by atoms with Crippen LogP contribution in [0.25, 0.3) is 0 Å². The number of likely N-dealkylation sites (tertiary alicyclic amines) is 1. The molecular weight excluding hydrogens is 392 g/mol. The van der Waals surface area contributed by atoms with E-state index in [4.69, 9.17) is 4.74 Å². The number of piperidine rings is 1. The van der Waals surface area contributed by atoms with Crippen molar-refractivity contribution >= 4 is 23.5 Å². The monoisotopic (exact) mass is 422 g/mol. The fourth-order valence-electron chi connectivity index (χ4n) is 4.17. The molecule has 1 fully saturated rings. The van der Waals surface area contributed by atoms with Crippen molar-refractivity contribution in [3.8, 4) is 0 Å². The minimum atomic E-state index is -0.386. The molecule has 1 aliphatic rings. The molecule has 3 rings (SSSR count). The van der Waals surface area contributed by atoms with Gasteiger partial charge in [0.25, 0.3) is 5.91 Å². The Kier molecular flexibility index (Phi) is 7.45. The summed E-state index contributed by atoms with van der Waals surface area (Å²) in [6.45, 7) is 5.82. The van der Waals surface area contributed by atoms with Crippen LogP contribution >= 0.6 is 0 Å². The van der Waals surface area contributed by atoms with Crippen molar-refractivity contribution in [3.63, 3.8) is 0 Å². The van der Waals surface area contributed by atoms with Gasteiger partial charge in [-0.25, -0.2) is 4.79 Å². The molecule has 0 aromatic heterocycles. The van der Waals surface area contributed by atoms with Crippen LogP contribution in [-0.4, -0.2) is 42.9 Å². The van der Waals surface area contributed by atoms with Crippen molar-refractivity contribution in [2.24, 2.45) is 11.8 Å². The first-order valence-corrected chi connectivity index (χ1v) is 10.7. The Morgan fingerprint density at radius 2 is 1.65 bits per heavy atom. The summed E-state index contributed by atoms with van der Waals surface area (Å²) in [6, 6.07) is 14.2. The van der Waals surface area contributed by atoms with Gasteiger partial charge < -0.3 is 15.0 Å². The summed E-state index contributed by atoms with van der Waals surface area (Å²) in [4.78, 5) is 39.1. The fourth-order valence-corrected chi connectivity index (χ4v) is 4.17. The van der Waals surface area contributed by atoms with Crippen LogP contribution < -0.4 is 5.32 Å². The molecule has 6 heteroatoms. The summed E-state index contributed by atoms with van der Waals surface area (Å²) in [5.74, 6) is 0.369. The first kappa shape index (κ1) is 22.5. The molecule has 0 saturated carbocycles. The summed E-state index contributed by atoms with van der Waals surface area (Å²) >= 11 is 0. The highest BCUT2D eigenvalue weighted by molar-refractivity contribution is 6.03. The summed E-state index contributed by atoms with van der Waals surface area (Å²) in [6.07, 6.45) is 1.94. The van der Waals surface area contributed by atoms with E-state index in [9.17, 15) is 14.4 Å². The zero-order valence-electron chi connectivity index (χ0n) is 18.4. The molecule has 2 aromatic rings. The summed E-state index contributed by atoms with van der Waals surface area (Å²) < 4.78 is 4.69. The highest BCUT2D eigenvalue weighted by Crippen LogP contribution is 2.25. The van der Waals surface area contributed by atoms with Gasteiger partial charge >= 0.3 is 5.97 Å². The Balaban J connectivity index is 1.62. The lowest BCUT2D eigenvalue weighted by molar-refractivity contribution is -0.116. The maximum absolute atomic E-state index is 13.1. The highest BCUT2D eigenvalue weighted by atomic mass is 16.5. The average Bonchev–Trinajstić information content (AvgIpc) is 2.76. The summed E-state index contributed by atoms with van der Waals surface area (Å²) in [7, 11) is 1.34. The van der Waals surface area contributed by atoms with E-state index in [2.05, 4.69) is 19.2 Å². The van der Waals surface area contributed by atoms with Crippen molar-refractivity contribution < 1.29 is 19.1 Å². The average molecular weight is 423 g/mol. The third-order valence-electron chi connectivity index (χ3n) is 5.60. The number of esters is 1. The van der Waals surface area contributed by atoms with Gasteiger partial charge in [-0.15, -0.1) is 0 Å². The quantitative estimate of drug-likeness (QED) is 0.709. The van der Waals surface area contributed by atoms with Gasteiger partial charge in [0.15, 0.2) is 0 Å². The van der Waals surface area contributed by atoms with Gasteiger partial charge in [0.05, 0.1) is 23.9 Å². The number of para-hydroxylation sites is 1. The topological polar surface area (TPSA) is 75.7 Å². The highest BCUT2D eigenvalue weighted by Gasteiger charge is 2.27. The van der Waals surface area contributed by atoms with Gasteiger partial charge in [0.2, 0.25) is 5.91 Å². The van der Waals surface area contributed by atoms with E-state index < -0.39 is 0 Å². The van der Waals surface area contributed by atoms with E-state index in [0.29, 0.717) is 35.1 Å². The van der Waals surface area contributed by atoms with Crippen LogP contribution in [0, 0.1) is 11.8 Å². The van der Waals surface area contributed by atoms with Gasteiger partial charge in [-0.05, 0) is 54.5 Å². The van der Waals surface area contributed by atoms with Crippen LogP contribution in [0.5, 0.6) is 0 Å². The van der Waals surface area contributed by atoms with E-state index in [1.54, 1.807) is 24.3 Å². The Labute approximate surface area is 183 Å². The van der Waals surface area contributed by atoms with E-state index >= 15 is 0 Å². The van der Waals surface area contributed by atoms with Gasteiger partial charge in [-0.3, -0.25) is 9.59 Å². The molecule has 2 unspecified atom stereocenters. The molecule has 2 aromatic carbocycles. The molecule has 1 aliphatic heterocycles. The maximum atomic E-state index is 13.1. The van der Waals surface area contributed by atoms with Crippen molar-refractivity contribution in [2.45, 2.75) is 33.1 Å². The van der Waals surface area contributed by atoms with Crippen molar-refractivity contribution in [1.82, 2.24) is 4.90 Å². The molecule has 1 heterocycles. The Morgan fingerprint density at radius 3 is 2.29 bits per heavy atom. The number of ether oxygens (including phenoxy) is 1. The molecule has 0 aliphatic carbocycles. The van der Waals surface area contributed by atoms with E-state index in [0.717, 1.165) is 25.1 Å². The van der Waals surface area contributed by atoms with Crippen LogP contribution in [-0.2, 0) is 16.0 Å². The molecular formula is C25H30N2O4. The molecule has 6 nitrogen and oxygen atoms in total. The predicted octanol–water partition coefficient (Wildman–Crippen LogP) is 4.16. The van der Waals surface area contributed by atoms with E-state index in [1.165, 1.54) is 7.11 Å². The lowest BCUT2D eigenvalue weighted by Gasteiger charge is -2.35. The number of nitrogens with zero attached hydrogens (tertiary/aromatic N) is 1. The Morgan fingerprint density at radius 1 is 1.00 bits per heavy atom. The number of amides is 2. The number of nitrogens with one attached hydrogen (secondary N) is 1. The Bertz CT molecular complexity index is 929. The Hall–Kier alpha value is -3.15. The van der Waals surface area contributed by atoms with Crippen LogP contribution in [0.15, 0.2) is 48.5 Å². The zero-order valence-corrected chi connectivity index (χ0v) is 18.4. The van der Waals surface area contributed by atoms with Crippen LogP contribution in [0.1, 0.15) is 53.0 Å². The van der Waals surface area contributed by atoms with Gasteiger partial charge in [-0.1, -0.05) is 38.1 Å². The number of carbonyl (C=O) groups is 3. The lowest BCUT2D eigenvalue weighted by atomic mass is 9.91. The largest absolute Gasteiger partial charge is 0.465 e. The van der Waals surface area contributed by atoms with Gasteiger partial charge in [0, 0.05) is 19.5 Å². The molecule has 0 spiro atoms. The third-order valence-corrected chi connectivity index (χ3v) is 5.60. The molecule has 2 amide bonds. The minimum Gasteiger partial charge on any atom is -0.465 e. The number of hydrogen-bond donors (Lipinski definition) is 1. The lowest BCUT2D eigenvalue weighted by Crippen LogP contribution is -2.42. The molecule has 0 bridgehead atoms. The normalized spacial score (nSPS) is 18.4. The number of benzene rings is 2. The van der Waals surface area contributed by atoms with Crippen LogP contribution in [0.3, 0.4) is 0 Å². The molecule has 164 valence electrons. The van der Waals surface area contributed by atoms with Gasteiger partial charge in [0.1, 0.15) is 0 Å². The SMILES string of the molecule is COC(=O)c1ccc(CCC(=O)Nc2ccccc2C(=O)N2CC(C)CC(C)C2)cc1. The predicted molar refractivity (Wildman–Crippen MR) is 120 cm³/mol. The second kappa shape index (κ2) is 10.2. The summed E-state index contributed by atoms with van der Waals surface area (Å²) in [5, 5.41) is 2.90. The number of methoxy groups -OCH3 is 1. The first-order chi connectivity index (χ1) is 14.9. The fraction of sp³-hybridized carbons (Fsp3) is 0.400.